The summed E-state index contributed by atoms with van der Waals surface area (Å²) in [5.74, 6) is -0.338. The van der Waals surface area contributed by atoms with Gasteiger partial charge in [-0.2, -0.15) is 0 Å². The predicted octanol–water partition coefficient (Wildman–Crippen LogP) is 6.17. The normalized spacial score (nSPS) is 18.6. The van der Waals surface area contributed by atoms with Gasteiger partial charge in [0.25, 0.3) is 0 Å². The smallest absolute Gasteiger partial charge is 0.186 e. The largest absolute Gasteiger partial charge is 0.333 e. The number of Topliss-reactive ketones (excluding diaryl/α,β-unsaturated/α-hetero) is 2. The lowest BCUT2D eigenvalue weighted by molar-refractivity contribution is -0.113. The number of benzene rings is 3. The second-order valence-corrected chi connectivity index (χ2v) is 8.38. The first-order valence-corrected chi connectivity index (χ1v) is 10.7. The van der Waals surface area contributed by atoms with Crippen molar-refractivity contribution in [3.8, 4) is 0 Å². The van der Waals surface area contributed by atoms with Gasteiger partial charge >= 0.3 is 0 Å². The maximum Gasteiger partial charge on any atom is 0.186 e. The number of nitrogens with zero attached hydrogens (tertiary/aromatic N) is 1. The molecule has 0 amide bonds. The minimum atomic E-state index is -0.533. The molecule has 4 rings (SSSR count). The van der Waals surface area contributed by atoms with Gasteiger partial charge in [-0.25, -0.2) is 0 Å². The van der Waals surface area contributed by atoms with Gasteiger partial charge in [-0.15, -0.1) is 0 Å². The fraction of sp³-hybridized carbons (Fsp3) is 0.154. The zero-order valence-electron chi connectivity index (χ0n) is 16.9. The molecular weight excluding hydrogens is 438 g/mol. The Kier molecular flexibility index (Phi) is 5.69. The number of halogens is 1. The van der Waals surface area contributed by atoms with E-state index in [2.05, 4.69) is 15.9 Å². The molecule has 0 N–H and O–H groups in total. The highest BCUT2D eigenvalue weighted by atomic mass is 79.9. The van der Waals surface area contributed by atoms with E-state index in [1.54, 1.807) is 6.92 Å². The van der Waals surface area contributed by atoms with E-state index in [0.717, 1.165) is 21.4 Å². The van der Waals surface area contributed by atoms with Crippen molar-refractivity contribution in [3.05, 3.63) is 112 Å². The van der Waals surface area contributed by atoms with Gasteiger partial charge in [0.1, 0.15) is 6.04 Å². The van der Waals surface area contributed by atoms with E-state index in [1.807, 2.05) is 96.8 Å². The fourth-order valence-electron chi connectivity index (χ4n) is 4.35. The fourth-order valence-corrected chi connectivity index (χ4v) is 4.62. The number of rotatable bonds is 5. The van der Waals surface area contributed by atoms with E-state index < -0.39 is 6.04 Å². The molecule has 1 aliphatic heterocycles. The lowest BCUT2D eigenvalue weighted by Crippen LogP contribution is -2.40. The average molecular weight is 460 g/mol. The molecule has 2 unspecified atom stereocenters. The Morgan fingerprint density at radius 3 is 1.97 bits per heavy atom. The van der Waals surface area contributed by atoms with Crippen LogP contribution < -0.4 is 4.90 Å². The van der Waals surface area contributed by atoms with Crippen molar-refractivity contribution in [1.29, 1.82) is 0 Å². The molecule has 150 valence electrons. The van der Waals surface area contributed by atoms with Gasteiger partial charge in [0.15, 0.2) is 11.6 Å². The van der Waals surface area contributed by atoms with Crippen LogP contribution in [0, 0.1) is 0 Å². The van der Waals surface area contributed by atoms with E-state index in [0.29, 0.717) is 11.1 Å². The molecule has 3 nitrogen and oxygen atoms in total. The number of carbonyl (C=O) groups excluding carboxylic acids is 2. The van der Waals surface area contributed by atoms with Crippen LogP contribution in [-0.2, 0) is 4.79 Å². The van der Waals surface area contributed by atoms with Crippen molar-refractivity contribution in [1.82, 2.24) is 0 Å². The number of carbonyl (C=O) groups is 2. The van der Waals surface area contributed by atoms with Gasteiger partial charge in [-0.3, -0.25) is 9.59 Å². The Morgan fingerprint density at radius 1 is 0.833 bits per heavy atom. The topological polar surface area (TPSA) is 37.4 Å². The molecule has 3 aromatic rings. The third-order valence-corrected chi connectivity index (χ3v) is 6.15. The zero-order chi connectivity index (χ0) is 21.3. The molecule has 0 aromatic heterocycles. The van der Waals surface area contributed by atoms with E-state index >= 15 is 0 Å². The second-order valence-electron chi connectivity index (χ2n) is 7.47. The Balaban J connectivity index is 1.93. The number of hydrogen-bond acceptors (Lipinski definition) is 3. The first kappa shape index (κ1) is 20.3. The van der Waals surface area contributed by atoms with Crippen molar-refractivity contribution >= 4 is 33.2 Å². The van der Waals surface area contributed by atoms with Gasteiger partial charge in [0.2, 0.25) is 0 Å². The SMILES string of the molecule is CC(=O)C1=C(C)N(c2ccc(Br)cc2)C(C(=O)c2ccccc2)C1c1ccccc1. The quantitative estimate of drug-likeness (QED) is 0.428. The van der Waals surface area contributed by atoms with E-state index in [4.69, 9.17) is 0 Å². The van der Waals surface area contributed by atoms with Crippen molar-refractivity contribution in [2.24, 2.45) is 0 Å². The van der Waals surface area contributed by atoms with Gasteiger partial charge in [-0.05, 0) is 43.7 Å². The van der Waals surface area contributed by atoms with Crippen molar-refractivity contribution in [2.45, 2.75) is 25.8 Å². The molecule has 0 aliphatic carbocycles. The summed E-state index contributed by atoms with van der Waals surface area (Å²) < 4.78 is 0.962. The minimum Gasteiger partial charge on any atom is -0.333 e. The lowest BCUT2D eigenvalue weighted by atomic mass is 9.82. The summed E-state index contributed by atoms with van der Waals surface area (Å²) in [5, 5.41) is 0. The summed E-state index contributed by atoms with van der Waals surface area (Å²) in [7, 11) is 0. The van der Waals surface area contributed by atoms with E-state index in [-0.39, 0.29) is 17.5 Å². The molecule has 3 aromatic carbocycles. The first-order valence-electron chi connectivity index (χ1n) is 9.89. The van der Waals surface area contributed by atoms with Crippen LogP contribution in [0.2, 0.25) is 0 Å². The van der Waals surface area contributed by atoms with Crippen LogP contribution in [0.5, 0.6) is 0 Å². The third kappa shape index (κ3) is 3.63. The van der Waals surface area contributed by atoms with Crippen LogP contribution in [0.3, 0.4) is 0 Å². The van der Waals surface area contributed by atoms with Gasteiger partial charge in [0.05, 0.1) is 0 Å². The van der Waals surface area contributed by atoms with Crippen LogP contribution in [0.1, 0.15) is 35.7 Å². The predicted molar refractivity (Wildman–Crippen MR) is 124 cm³/mol. The molecule has 4 heteroatoms. The second kappa shape index (κ2) is 8.41. The van der Waals surface area contributed by atoms with Crippen LogP contribution >= 0.6 is 15.9 Å². The van der Waals surface area contributed by atoms with Crippen LogP contribution in [0.15, 0.2) is 101 Å². The molecule has 0 spiro atoms. The molecule has 1 heterocycles. The standard InChI is InChI=1S/C26H22BrNO2/c1-17-23(18(2)29)24(19-9-5-3-6-10-19)25(26(30)20-11-7-4-8-12-20)28(17)22-15-13-21(27)14-16-22/h3-16,24-25H,1-2H3. The first-order chi connectivity index (χ1) is 14.5. The Hall–Kier alpha value is -2.98. The Morgan fingerprint density at radius 2 is 1.40 bits per heavy atom. The maximum atomic E-state index is 13.8. The molecule has 0 bridgehead atoms. The molecule has 1 aliphatic rings. The molecule has 0 saturated heterocycles. The van der Waals surface area contributed by atoms with Crippen molar-refractivity contribution in [2.75, 3.05) is 4.90 Å². The molecule has 0 saturated carbocycles. The van der Waals surface area contributed by atoms with Gasteiger partial charge in [-0.1, -0.05) is 76.6 Å². The number of hydrogen-bond donors (Lipinski definition) is 0. The third-order valence-electron chi connectivity index (χ3n) is 5.63. The number of ketones is 2. The minimum absolute atomic E-state index is 0.00275. The zero-order valence-corrected chi connectivity index (χ0v) is 18.5. The van der Waals surface area contributed by atoms with Crippen LogP contribution in [-0.4, -0.2) is 17.6 Å². The highest BCUT2D eigenvalue weighted by Crippen LogP contribution is 2.45. The summed E-state index contributed by atoms with van der Waals surface area (Å²) in [4.78, 5) is 28.6. The molecular formula is C26H22BrNO2. The maximum absolute atomic E-state index is 13.8. The molecule has 0 radical (unpaired) electrons. The van der Waals surface area contributed by atoms with E-state index in [1.165, 1.54) is 0 Å². The highest BCUT2D eigenvalue weighted by molar-refractivity contribution is 9.10. The summed E-state index contributed by atoms with van der Waals surface area (Å²) in [6.45, 7) is 3.52. The summed E-state index contributed by atoms with van der Waals surface area (Å²) in [5.41, 5.74) is 4.02. The lowest BCUT2D eigenvalue weighted by Gasteiger charge is -2.31. The van der Waals surface area contributed by atoms with Gasteiger partial charge in [0, 0.05) is 32.9 Å². The Labute approximate surface area is 185 Å². The molecule has 30 heavy (non-hydrogen) atoms. The number of anilines is 1. The van der Waals surface area contributed by atoms with Crippen LogP contribution in [0.25, 0.3) is 0 Å². The number of allylic oxidation sites excluding steroid dienone is 1. The summed E-state index contributed by atoms with van der Waals surface area (Å²) in [6.07, 6.45) is 0. The monoisotopic (exact) mass is 459 g/mol. The van der Waals surface area contributed by atoms with Crippen molar-refractivity contribution in [3.63, 3.8) is 0 Å². The van der Waals surface area contributed by atoms with Crippen LogP contribution in [0.4, 0.5) is 5.69 Å². The summed E-state index contributed by atoms with van der Waals surface area (Å²) >= 11 is 3.48. The molecule has 0 fully saturated rings. The average Bonchev–Trinajstić information content (AvgIpc) is 3.08. The molecule has 2 atom stereocenters. The van der Waals surface area contributed by atoms with E-state index in [9.17, 15) is 9.59 Å². The highest BCUT2D eigenvalue weighted by Gasteiger charge is 2.46. The van der Waals surface area contributed by atoms with Crippen molar-refractivity contribution < 1.29 is 9.59 Å². The van der Waals surface area contributed by atoms with Gasteiger partial charge < -0.3 is 4.90 Å². The Bertz CT molecular complexity index is 1100. The summed E-state index contributed by atoms with van der Waals surface area (Å²) in [6, 6.07) is 26.5.